The SMILES string of the molecule is CC(NC(=O)c1ccc(NN)nn1)C1CCCC1. The third kappa shape index (κ3) is 2.95. The minimum atomic E-state index is -0.175. The van der Waals surface area contributed by atoms with Crippen molar-refractivity contribution in [3.05, 3.63) is 17.8 Å². The highest BCUT2D eigenvalue weighted by molar-refractivity contribution is 5.92. The zero-order valence-corrected chi connectivity index (χ0v) is 10.5. The van der Waals surface area contributed by atoms with Gasteiger partial charge in [0.1, 0.15) is 0 Å². The van der Waals surface area contributed by atoms with Crippen molar-refractivity contribution in [2.45, 2.75) is 38.6 Å². The highest BCUT2D eigenvalue weighted by Gasteiger charge is 2.23. The van der Waals surface area contributed by atoms with Gasteiger partial charge in [-0.25, -0.2) is 5.84 Å². The zero-order valence-electron chi connectivity index (χ0n) is 10.5. The molecular formula is C12H19N5O. The van der Waals surface area contributed by atoms with Gasteiger partial charge in [0.2, 0.25) is 0 Å². The first kappa shape index (κ1) is 12.8. The zero-order chi connectivity index (χ0) is 13.0. The predicted octanol–water partition coefficient (Wildman–Crippen LogP) is 1.07. The van der Waals surface area contributed by atoms with Crippen LogP contribution >= 0.6 is 0 Å². The number of nitrogens with one attached hydrogen (secondary N) is 2. The molecule has 0 aliphatic heterocycles. The van der Waals surface area contributed by atoms with Gasteiger partial charge in [0.05, 0.1) is 0 Å². The highest BCUT2D eigenvalue weighted by Crippen LogP contribution is 2.27. The van der Waals surface area contributed by atoms with Crippen LogP contribution in [0.1, 0.15) is 43.1 Å². The molecule has 1 unspecified atom stereocenters. The summed E-state index contributed by atoms with van der Waals surface area (Å²) < 4.78 is 0. The average molecular weight is 249 g/mol. The van der Waals surface area contributed by atoms with Crippen LogP contribution in [0.3, 0.4) is 0 Å². The standard InChI is InChI=1S/C12H19N5O/c1-8(9-4-2-3-5-9)14-12(18)10-6-7-11(15-13)17-16-10/h6-9H,2-5,13H2,1H3,(H,14,18)(H,15,17). The molecule has 1 fully saturated rings. The van der Waals surface area contributed by atoms with Crippen molar-refractivity contribution in [3.63, 3.8) is 0 Å². The van der Waals surface area contributed by atoms with Crippen LogP contribution in [0.5, 0.6) is 0 Å². The summed E-state index contributed by atoms with van der Waals surface area (Å²) in [6.45, 7) is 2.05. The molecule has 0 radical (unpaired) electrons. The quantitative estimate of drug-likeness (QED) is 0.548. The summed E-state index contributed by atoms with van der Waals surface area (Å²) in [7, 11) is 0. The number of amides is 1. The van der Waals surface area contributed by atoms with E-state index in [-0.39, 0.29) is 11.9 Å². The van der Waals surface area contributed by atoms with Gasteiger partial charge >= 0.3 is 0 Å². The van der Waals surface area contributed by atoms with Gasteiger partial charge in [-0.2, -0.15) is 0 Å². The first-order chi connectivity index (χ1) is 8.70. The topological polar surface area (TPSA) is 92.9 Å². The molecule has 1 heterocycles. The molecule has 0 saturated heterocycles. The van der Waals surface area contributed by atoms with Gasteiger partial charge in [0.25, 0.3) is 5.91 Å². The minimum absolute atomic E-state index is 0.175. The summed E-state index contributed by atoms with van der Waals surface area (Å²) in [4.78, 5) is 11.9. The minimum Gasteiger partial charge on any atom is -0.348 e. The Labute approximate surface area is 106 Å². The molecule has 4 N–H and O–H groups in total. The van der Waals surface area contributed by atoms with Crippen LogP contribution in [0.4, 0.5) is 5.82 Å². The first-order valence-corrected chi connectivity index (χ1v) is 6.32. The Balaban J connectivity index is 1.93. The summed E-state index contributed by atoms with van der Waals surface area (Å²) in [5, 5.41) is 10.6. The predicted molar refractivity (Wildman–Crippen MR) is 68.7 cm³/mol. The van der Waals surface area contributed by atoms with E-state index in [1.165, 1.54) is 25.7 Å². The van der Waals surface area contributed by atoms with Crippen LogP contribution in [-0.2, 0) is 0 Å². The van der Waals surface area contributed by atoms with E-state index >= 15 is 0 Å². The number of carbonyl (C=O) groups is 1. The fourth-order valence-electron chi connectivity index (χ4n) is 2.39. The number of nitrogens with zero attached hydrogens (tertiary/aromatic N) is 2. The van der Waals surface area contributed by atoms with E-state index in [1.54, 1.807) is 12.1 Å². The van der Waals surface area contributed by atoms with Gasteiger partial charge in [0, 0.05) is 6.04 Å². The average Bonchev–Trinajstić information content (AvgIpc) is 2.92. The largest absolute Gasteiger partial charge is 0.348 e. The summed E-state index contributed by atoms with van der Waals surface area (Å²) in [6.07, 6.45) is 4.93. The number of carbonyl (C=O) groups excluding carboxylic acids is 1. The molecule has 1 aliphatic rings. The normalized spacial score (nSPS) is 17.4. The molecule has 1 amide bonds. The second kappa shape index (κ2) is 5.77. The maximum atomic E-state index is 11.9. The third-order valence-electron chi connectivity index (χ3n) is 3.51. The molecule has 18 heavy (non-hydrogen) atoms. The molecule has 1 aliphatic carbocycles. The fraction of sp³-hybridized carbons (Fsp3) is 0.583. The van der Waals surface area contributed by atoms with Crippen LogP contribution in [0, 0.1) is 5.92 Å². The second-order valence-corrected chi connectivity index (χ2v) is 4.75. The Hall–Kier alpha value is -1.69. The van der Waals surface area contributed by atoms with E-state index in [1.807, 2.05) is 0 Å². The Morgan fingerprint density at radius 1 is 1.39 bits per heavy atom. The molecule has 1 aromatic heterocycles. The number of anilines is 1. The number of hydrogen-bond acceptors (Lipinski definition) is 5. The second-order valence-electron chi connectivity index (χ2n) is 4.75. The van der Waals surface area contributed by atoms with Crippen molar-refractivity contribution >= 4 is 11.7 Å². The highest BCUT2D eigenvalue weighted by atomic mass is 16.2. The van der Waals surface area contributed by atoms with E-state index in [4.69, 9.17) is 5.84 Å². The Morgan fingerprint density at radius 2 is 2.11 bits per heavy atom. The van der Waals surface area contributed by atoms with Crippen molar-refractivity contribution in [1.82, 2.24) is 15.5 Å². The van der Waals surface area contributed by atoms with Crippen molar-refractivity contribution in [1.29, 1.82) is 0 Å². The van der Waals surface area contributed by atoms with E-state index in [0.29, 0.717) is 17.4 Å². The maximum Gasteiger partial charge on any atom is 0.272 e. The molecule has 6 heteroatoms. The summed E-state index contributed by atoms with van der Waals surface area (Å²) >= 11 is 0. The molecule has 1 aromatic rings. The number of nitrogens with two attached hydrogens (primary N) is 1. The Bertz CT molecular complexity index is 399. The summed E-state index contributed by atoms with van der Waals surface area (Å²) in [5.41, 5.74) is 2.69. The molecule has 1 saturated carbocycles. The van der Waals surface area contributed by atoms with E-state index in [9.17, 15) is 4.79 Å². The lowest BCUT2D eigenvalue weighted by Crippen LogP contribution is -2.37. The number of hydrazine groups is 1. The lowest BCUT2D eigenvalue weighted by atomic mass is 10.00. The molecule has 0 spiro atoms. The lowest BCUT2D eigenvalue weighted by molar-refractivity contribution is 0.0921. The summed E-state index contributed by atoms with van der Waals surface area (Å²) in [6, 6.07) is 3.43. The van der Waals surface area contributed by atoms with Gasteiger partial charge in [-0.3, -0.25) is 4.79 Å². The molecule has 6 nitrogen and oxygen atoms in total. The van der Waals surface area contributed by atoms with Crippen LogP contribution in [-0.4, -0.2) is 22.1 Å². The lowest BCUT2D eigenvalue weighted by Gasteiger charge is -2.19. The van der Waals surface area contributed by atoms with Crippen LogP contribution in [0.25, 0.3) is 0 Å². The maximum absolute atomic E-state index is 11.9. The summed E-state index contributed by atoms with van der Waals surface area (Å²) in [5.74, 6) is 6.04. The van der Waals surface area contributed by atoms with Crippen LogP contribution < -0.4 is 16.6 Å². The molecule has 0 bridgehead atoms. The van der Waals surface area contributed by atoms with Crippen LogP contribution in [0.15, 0.2) is 12.1 Å². The Kier molecular flexibility index (Phi) is 4.09. The van der Waals surface area contributed by atoms with Gasteiger partial charge < -0.3 is 10.7 Å². The number of rotatable bonds is 4. The number of hydrogen-bond donors (Lipinski definition) is 3. The third-order valence-corrected chi connectivity index (χ3v) is 3.51. The van der Waals surface area contributed by atoms with E-state index in [2.05, 4.69) is 27.9 Å². The van der Waals surface area contributed by atoms with E-state index in [0.717, 1.165) is 0 Å². The van der Waals surface area contributed by atoms with Crippen molar-refractivity contribution in [3.8, 4) is 0 Å². The Morgan fingerprint density at radius 3 is 2.67 bits per heavy atom. The van der Waals surface area contributed by atoms with Crippen molar-refractivity contribution < 1.29 is 4.79 Å². The molecule has 0 aromatic carbocycles. The fourth-order valence-corrected chi connectivity index (χ4v) is 2.39. The van der Waals surface area contributed by atoms with Gasteiger partial charge in [-0.15, -0.1) is 10.2 Å². The molecular weight excluding hydrogens is 230 g/mol. The smallest absolute Gasteiger partial charge is 0.272 e. The molecule has 98 valence electrons. The van der Waals surface area contributed by atoms with E-state index < -0.39 is 0 Å². The van der Waals surface area contributed by atoms with Crippen LogP contribution in [0.2, 0.25) is 0 Å². The van der Waals surface area contributed by atoms with Crippen molar-refractivity contribution in [2.24, 2.45) is 11.8 Å². The van der Waals surface area contributed by atoms with Gasteiger partial charge in [0.15, 0.2) is 11.5 Å². The number of aromatic nitrogens is 2. The number of nitrogen functional groups attached to an aromatic ring is 1. The molecule has 1 atom stereocenters. The van der Waals surface area contributed by atoms with Crippen molar-refractivity contribution in [2.75, 3.05) is 5.43 Å². The van der Waals surface area contributed by atoms with Gasteiger partial charge in [-0.1, -0.05) is 12.8 Å². The molecule has 2 rings (SSSR count). The monoisotopic (exact) mass is 249 g/mol. The van der Waals surface area contributed by atoms with Gasteiger partial charge in [-0.05, 0) is 37.8 Å². The first-order valence-electron chi connectivity index (χ1n) is 6.32.